The Morgan fingerprint density at radius 1 is 1.50 bits per heavy atom. The van der Waals surface area contributed by atoms with E-state index in [2.05, 4.69) is 10.6 Å². The number of amides is 2. The molecule has 3 aliphatic heterocycles. The van der Waals surface area contributed by atoms with E-state index >= 15 is 0 Å². The highest BCUT2D eigenvalue weighted by Gasteiger charge is 2.44. The summed E-state index contributed by atoms with van der Waals surface area (Å²) in [6.45, 7) is 5.51. The zero-order chi connectivity index (χ0) is 14.2. The fourth-order valence-corrected chi connectivity index (χ4v) is 3.64. The number of carbonyl (C=O) groups excluding carboxylic acids is 2. The number of likely N-dealkylation sites (tertiary alicyclic amines) is 1. The monoisotopic (exact) mass is 281 g/mol. The van der Waals surface area contributed by atoms with Crippen molar-refractivity contribution in [1.82, 2.24) is 15.5 Å². The largest absolute Gasteiger partial charge is 0.375 e. The predicted molar refractivity (Wildman–Crippen MR) is 73.1 cm³/mol. The molecule has 3 rings (SSSR count). The second kappa shape index (κ2) is 5.33. The minimum atomic E-state index is -0.246. The maximum absolute atomic E-state index is 12.7. The smallest absolute Gasteiger partial charge is 0.242 e. The van der Waals surface area contributed by atoms with Gasteiger partial charge in [0, 0.05) is 38.0 Å². The van der Waals surface area contributed by atoms with Crippen LogP contribution in [0.5, 0.6) is 0 Å². The number of hydrogen-bond acceptors (Lipinski definition) is 4. The number of nitrogens with one attached hydrogen (secondary N) is 2. The van der Waals surface area contributed by atoms with E-state index in [9.17, 15) is 9.59 Å². The van der Waals surface area contributed by atoms with Gasteiger partial charge in [0.2, 0.25) is 11.8 Å². The molecule has 6 nitrogen and oxygen atoms in total. The normalized spacial score (nSPS) is 38.0. The van der Waals surface area contributed by atoms with E-state index in [4.69, 9.17) is 4.74 Å². The van der Waals surface area contributed by atoms with Gasteiger partial charge in [0.1, 0.15) is 6.04 Å². The second-order valence-corrected chi connectivity index (χ2v) is 6.32. The average Bonchev–Trinajstić information content (AvgIpc) is 2.79. The first-order chi connectivity index (χ1) is 9.60. The minimum absolute atomic E-state index is 0.0379. The maximum Gasteiger partial charge on any atom is 0.242 e. The molecular weight excluding hydrogens is 258 g/mol. The van der Waals surface area contributed by atoms with Gasteiger partial charge in [-0.05, 0) is 19.8 Å². The van der Waals surface area contributed by atoms with Crippen LogP contribution in [0.25, 0.3) is 0 Å². The van der Waals surface area contributed by atoms with E-state index in [-0.39, 0.29) is 29.4 Å². The number of carbonyl (C=O) groups is 2. The number of hydrogen-bond donors (Lipinski definition) is 2. The van der Waals surface area contributed by atoms with E-state index in [0.29, 0.717) is 26.1 Å². The maximum atomic E-state index is 12.7. The third kappa shape index (κ3) is 2.54. The second-order valence-electron chi connectivity index (χ2n) is 6.32. The van der Waals surface area contributed by atoms with Crippen LogP contribution in [0, 0.1) is 5.41 Å². The van der Waals surface area contributed by atoms with Crippen molar-refractivity contribution in [2.45, 2.75) is 38.3 Å². The molecule has 0 bridgehead atoms. The van der Waals surface area contributed by atoms with Gasteiger partial charge in [-0.1, -0.05) is 0 Å². The van der Waals surface area contributed by atoms with Gasteiger partial charge in [-0.25, -0.2) is 0 Å². The van der Waals surface area contributed by atoms with Gasteiger partial charge >= 0.3 is 0 Å². The van der Waals surface area contributed by atoms with Crippen molar-refractivity contribution in [1.29, 1.82) is 0 Å². The molecule has 20 heavy (non-hydrogen) atoms. The number of nitrogens with zero attached hydrogens (tertiary/aromatic N) is 1. The summed E-state index contributed by atoms with van der Waals surface area (Å²) in [5.74, 6) is 0.238. The highest BCUT2D eigenvalue weighted by Crippen LogP contribution is 2.36. The Hall–Kier alpha value is -1.14. The molecule has 112 valence electrons. The summed E-state index contributed by atoms with van der Waals surface area (Å²) in [6, 6.07) is -0.246. The topological polar surface area (TPSA) is 70.7 Å². The van der Waals surface area contributed by atoms with Gasteiger partial charge in [0.05, 0.1) is 12.7 Å². The van der Waals surface area contributed by atoms with Crippen molar-refractivity contribution in [3.8, 4) is 0 Å². The van der Waals surface area contributed by atoms with Gasteiger partial charge in [-0.15, -0.1) is 0 Å². The first-order valence-electron chi connectivity index (χ1n) is 7.50. The number of morpholine rings is 1. The fourth-order valence-electron chi connectivity index (χ4n) is 3.64. The van der Waals surface area contributed by atoms with Crippen LogP contribution >= 0.6 is 0 Å². The summed E-state index contributed by atoms with van der Waals surface area (Å²) in [5.41, 5.74) is -0.0379. The quantitative estimate of drug-likeness (QED) is 0.679. The van der Waals surface area contributed by atoms with Gasteiger partial charge < -0.3 is 20.3 Å². The van der Waals surface area contributed by atoms with Crippen molar-refractivity contribution >= 4 is 11.8 Å². The molecule has 0 aliphatic carbocycles. The van der Waals surface area contributed by atoms with E-state index in [0.717, 1.165) is 25.9 Å². The standard InChI is InChI=1S/C14H23N3O3/c1-10-12(15-4-6-20-10)13(19)17-5-2-3-14(9-17)7-11(18)16-8-14/h10,12,15H,2-9H2,1H3,(H,16,18)/t10-,12+,14?/m1/s1. The number of ether oxygens (including phenoxy) is 1. The Kier molecular flexibility index (Phi) is 3.69. The SMILES string of the molecule is C[C@H]1OCCN[C@@H]1C(=O)N1CCCC2(CNC(=O)C2)C1. The van der Waals surface area contributed by atoms with Gasteiger partial charge in [0.25, 0.3) is 0 Å². The summed E-state index contributed by atoms with van der Waals surface area (Å²) in [4.78, 5) is 26.1. The van der Waals surface area contributed by atoms with Crippen LogP contribution in [0.3, 0.4) is 0 Å². The lowest BCUT2D eigenvalue weighted by atomic mass is 9.79. The molecule has 2 amide bonds. The summed E-state index contributed by atoms with van der Waals surface area (Å²) < 4.78 is 5.56. The van der Waals surface area contributed by atoms with Crippen LogP contribution in [0.1, 0.15) is 26.2 Å². The van der Waals surface area contributed by atoms with Crippen molar-refractivity contribution < 1.29 is 14.3 Å². The molecular formula is C14H23N3O3. The Morgan fingerprint density at radius 3 is 3.05 bits per heavy atom. The van der Waals surface area contributed by atoms with E-state index in [1.807, 2.05) is 11.8 Å². The number of piperidine rings is 1. The van der Waals surface area contributed by atoms with Crippen molar-refractivity contribution in [3.05, 3.63) is 0 Å². The van der Waals surface area contributed by atoms with Crippen LogP contribution in [0.4, 0.5) is 0 Å². The zero-order valence-corrected chi connectivity index (χ0v) is 12.0. The van der Waals surface area contributed by atoms with Gasteiger partial charge in [-0.2, -0.15) is 0 Å². The molecule has 1 spiro atoms. The first kappa shape index (κ1) is 13.8. The third-order valence-corrected chi connectivity index (χ3v) is 4.75. The van der Waals surface area contributed by atoms with Crippen LogP contribution in [-0.4, -0.2) is 61.6 Å². The average molecular weight is 281 g/mol. The summed E-state index contributed by atoms with van der Waals surface area (Å²) in [5, 5.41) is 6.17. The lowest BCUT2D eigenvalue weighted by molar-refractivity contribution is -0.143. The Labute approximate surface area is 119 Å². The van der Waals surface area contributed by atoms with Gasteiger partial charge in [-0.3, -0.25) is 9.59 Å². The molecule has 0 aromatic rings. The third-order valence-electron chi connectivity index (χ3n) is 4.75. The number of rotatable bonds is 1. The summed E-state index contributed by atoms with van der Waals surface area (Å²) in [7, 11) is 0. The first-order valence-corrected chi connectivity index (χ1v) is 7.50. The fraction of sp³-hybridized carbons (Fsp3) is 0.857. The zero-order valence-electron chi connectivity index (χ0n) is 12.0. The Bertz CT molecular complexity index is 414. The van der Waals surface area contributed by atoms with Crippen LogP contribution < -0.4 is 10.6 Å². The lowest BCUT2D eigenvalue weighted by Gasteiger charge is -2.42. The predicted octanol–water partition coefficient (Wildman–Crippen LogP) is -0.508. The molecule has 3 atom stereocenters. The molecule has 0 aromatic heterocycles. The summed E-state index contributed by atoms with van der Waals surface area (Å²) in [6.07, 6.45) is 2.47. The van der Waals surface area contributed by atoms with E-state index in [1.165, 1.54) is 0 Å². The molecule has 0 aromatic carbocycles. The molecule has 3 aliphatic rings. The van der Waals surface area contributed by atoms with Crippen LogP contribution in [0.2, 0.25) is 0 Å². The molecule has 1 unspecified atom stereocenters. The Morgan fingerprint density at radius 2 is 2.35 bits per heavy atom. The molecule has 6 heteroatoms. The Balaban J connectivity index is 1.67. The summed E-state index contributed by atoms with van der Waals surface area (Å²) >= 11 is 0. The van der Waals surface area contributed by atoms with E-state index < -0.39 is 0 Å². The highest BCUT2D eigenvalue weighted by atomic mass is 16.5. The molecule has 3 fully saturated rings. The van der Waals surface area contributed by atoms with E-state index in [1.54, 1.807) is 0 Å². The molecule has 0 saturated carbocycles. The molecule has 3 saturated heterocycles. The lowest BCUT2D eigenvalue weighted by Crippen LogP contribution is -2.59. The minimum Gasteiger partial charge on any atom is -0.375 e. The molecule has 2 N–H and O–H groups in total. The van der Waals surface area contributed by atoms with Crippen molar-refractivity contribution in [3.63, 3.8) is 0 Å². The molecule has 0 radical (unpaired) electrons. The van der Waals surface area contributed by atoms with Crippen molar-refractivity contribution in [2.24, 2.45) is 5.41 Å². The van der Waals surface area contributed by atoms with Crippen molar-refractivity contribution in [2.75, 3.05) is 32.8 Å². The van der Waals surface area contributed by atoms with Gasteiger partial charge in [0.15, 0.2) is 0 Å². The highest BCUT2D eigenvalue weighted by molar-refractivity contribution is 5.83. The van der Waals surface area contributed by atoms with Crippen LogP contribution in [-0.2, 0) is 14.3 Å². The van der Waals surface area contributed by atoms with Crippen LogP contribution in [0.15, 0.2) is 0 Å². The molecule has 3 heterocycles.